The standard InChI is InChI=1S/C17H22BrN3O4/c1-10(25-16(23)13-9-11(18)7-8-14(13)19)15(22)21-17(24)20-12-5-3-2-4-6-12/h7-10,12H,2-6,19H2,1H3,(H2,20,21,22,24)/t10-/m0/s1. The quantitative estimate of drug-likeness (QED) is 0.520. The van der Waals surface area contributed by atoms with E-state index in [4.69, 9.17) is 10.5 Å². The van der Waals surface area contributed by atoms with Crippen LogP contribution in [0.1, 0.15) is 49.4 Å². The monoisotopic (exact) mass is 411 g/mol. The van der Waals surface area contributed by atoms with Gasteiger partial charge in [0, 0.05) is 16.2 Å². The van der Waals surface area contributed by atoms with E-state index >= 15 is 0 Å². The Kier molecular flexibility index (Phi) is 6.81. The molecule has 136 valence electrons. The molecular weight excluding hydrogens is 390 g/mol. The highest BCUT2D eigenvalue weighted by Crippen LogP contribution is 2.20. The third kappa shape index (κ3) is 5.74. The Morgan fingerprint density at radius 2 is 1.92 bits per heavy atom. The minimum atomic E-state index is -1.12. The van der Waals surface area contributed by atoms with Gasteiger partial charge >= 0.3 is 12.0 Å². The minimum Gasteiger partial charge on any atom is -0.449 e. The number of nitrogen functional groups attached to an aromatic ring is 1. The fourth-order valence-corrected chi connectivity index (χ4v) is 3.03. The van der Waals surface area contributed by atoms with E-state index in [1.54, 1.807) is 12.1 Å². The summed E-state index contributed by atoms with van der Waals surface area (Å²) in [4.78, 5) is 36.0. The summed E-state index contributed by atoms with van der Waals surface area (Å²) in [6, 6.07) is 4.28. The number of carbonyl (C=O) groups excluding carboxylic acids is 3. The summed E-state index contributed by atoms with van der Waals surface area (Å²) in [6.07, 6.45) is 4.01. The number of hydrogen-bond donors (Lipinski definition) is 3. The second-order valence-electron chi connectivity index (χ2n) is 6.08. The highest BCUT2D eigenvalue weighted by molar-refractivity contribution is 9.10. The number of anilines is 1. The minimum absolute atomic E-state index is 0.0841. The van der Waals surface area contributed by atoms with Crippen LogP contribution in [-0.2, 0) is 9.53 Å². The number of nitrogens with two attached hydrogens (primary N) is 1. The zero-order valence-corrected chi connectivity index (χ0v) is 15.6. The second kappa shape index (κ2) is 8.84. The van der Waals surface area contributed by atoms with Crippen LogP contribution in [0.25, 0.3) is 0 Å². The number of halogens is 1. The summed E-state index contributed by atoms with van der Waals surface area (Å²) in [6.45, 7) is 1.40. The van der Waals surface area contributed by atoms with Gasteiger partial charge in [0.1, 0.15) is 0 Å². The van der Waals surface area contributed by atoms with Crippen molar-refractivity contribution in [1.29, 1.82) is 0 Å². The van der Waals surface area contributed by atoms with Gasteiger partial charge in [0.2, 0.25) is 0 Å². The van der Waals surface area contributed by atoms with Gasteiger partial charge in [0.25, 0.3) is 5.91 Å². The van der Waals surface area contributed by atoms with Crippen molar-refractivity contribution >= 4 is 39.5 Å². The lowest BCUT2D eigenvalue weighted by Gasteiger charge is -2.23. The molecule has 8 heteroatoms. The number of nitrogens with one attached hydrogen (secondary N) is 2. The van der Waals surface area contributed by atoms with Crippen molar-refractivity contribution in [1.82, 2.24) is 10.6 Å². The van der Waals surface area contributed by atoms with Gasteiger partial charge in [0.05, 0.1) is 5.56 Å². The lowest BCUT2D eigenvalue weighted by atomic mass is 9.96. The van der Waals surface area contributed by atoms with Gasteiger partial charge in [-0.25, -0.2) is 9.59 Å². The van der Waals surface area contributed by atoms with Gasteiger partial charge in [-0.05, 0) is 38.0 Å². The number of benzene rings is 1. The van der Waals surface area contributed by atoms with E-state index in [-0.39, 0.29) is 17.3 Å². The number of ether oxygens (including phenoxy) is 1. The van der Waals surface area contributed by atoms with Crippen LogP contribution in [0.3, 0.4) is 0 Å². The molecule has 0 radical (unpaired) electrons. The van der Waals surface area contributed by atoms with Crippen LogP contribution in [0.15, 0.2) is 22.7 Å². The van der Waals surface area contributed by atoms with E-state index in [0.717, 1.165) is 25.7 Å². The summed E-state index contributed by atoms with van der Waals surface area (Å²) < 4.78 is 5.76. The van der Waals surface area contributed by atoms with E-state index in [1.165, 1.54) is 19.4 Å². The molecule has 1 aromatic rings. The van der Waals surface area contributed by atoms with E-state index in [1.807, 2.05) is 0 Å². The van der Waals surface area contributed by atoms with Crippen molar-refractivity contribution in [3.63, 3.8) is 0 Å². The first-order chi connectivity index (χ1) is 11.9. The molecule has 0 spiro atoms. The maximum absolute atomic E-state index is 12.1. The summed E-state index contributed by atoms with van der Waals surface area (Å²) in [7, 11) is 0. The molecule has 1 atom stereocenters. The van der Waals surface area contributed by atoms with Gasteiger partial charge in [0.15, 0.2) is 6.10 Å². The van der Waals surface area contributed by atoms with Crippen LogP contribution in [0, 0.1) is 0 Å². The maximum atomic E-state index is 12.1. The molecule has 1 aliphatic rings. The first-order valence-corrected chi connectivity index (χ1v) is 9.03. The van der Waals surface area contributed by atoms with Crippen molar-refractivity contribution in [2.75, 3.05) is 5.73 Å². The summed E-state index contributed by atoms with van der Waals surface area (Å²) in [5.74, 6) is -1.41. The molecule has 4 N–H and O–H groups in total. The highest BCUT2D eigenvalue weighted by Gasteiger charge is 2.23. The molecule has 7 nitrogen and oxygen atoms in total. The third-order valence-electron chi connectivity index (χ3n) is 4.07. The first kappa shape index (κ1) is 19.2. The molecule has 3 amide bonds. The number of imide groups is 1. The fraction of sp³-hybridized carbons (Fsp3) is 0.471. The van der Waals surface area contributed by atoms with Crippen LogP contribution in [0.5, 0.6) is 0 Å². The topological polar surface area (TPSA) is 111 Å². The summed E-state index contributed by atoms with van der Waals surface area (Å²) in [5.41, 5.74) is 6.14. The Morgan fingerprint density at radius 1 is 1.24 bits per heavy atom. The molecule has 1 aromatic carbocycles. The predicted octanol–water partition coefficient (Wildman–Crippen LogP) is 2.74. The molecule has 0 saturated heterocycles. The van der Waals surface area contributed by atoms with Crippen LogP contribution < -0.4 is 16.4 Å². The van der Waals surface area contributed by atoms with E-state index in [9.17, 15) is 14.4 Å². The SMILES string of the molecule is C[C@H](OC(=O)c1cc(Br)ccc1N)C(=O)NC(=O)NC1CCCCC1. The molecule has 1 fully saturated rings. The van der Waals surface area contributed by atoms with E-state index < -0.39 is 24.0 Å². The maximum Gasteiger partial charge on any atom is 0.341 e. The van der Waals surface area contributed by atoms with E-state index in [2.05, 4.69) is 26.6 Å². The van der Waals surface area contributed by atoms with Gasteiger partial charge in [-0.2, -0.15) is 0 Å². The smallest absolute Gasteiger partial charge is 0.341 e. The molecule has 0 bridgehead atoms. The Hall–Kier alpha value is -2.09. The first-order valence-electron chi connectivity index (χ1n) is 8.24. The van der Waals surface area contributed by atoms with Gasteiger partial charge in [-0.15, -0.1) is 0 Å². The molecule has 1 aliphatic carbocycles. The third-order valence-corrected chi connectivity index (χ3v) is 4.56. The average Bonchev–Trinajstić information content (AvgIpc) is 2.57. The molecule has 0 unspecified atom stereocenters. The Bertz CT molecular complexity index is 659. The number of hydrogen-bond acceptors (Lipinski definition) is 5. The van der Waals surface area contributed by atoms with Crippen LogP contribution in [0.2, 0.25) is 0 Å². The van der Waals surface area contributed by atoms with Crippen LogP contribution >= 0.6 is 15.9 Å². The number of amides is 3. The van der Waals surface area contributed by atoms with Gasteiger partial charge < -0.3 is 15.8 Å². The van der Waals surface area contributed by atoms with Crippen LogP contribution in [-0.4, -0.2) is 30.1 Å². The zero-order chi connectivity index (χ0) is 18.4. The van der Waals surface area contributed by atoms with Crippen molar-refractivity contribution in [2.24, 2.45) is 0 Å². The normalized spacial score (nSPS) is 15.9. The molecule has 0 aromatic heterocycles. The Balaban J connectivity index is 1.85. The Labute approximate surface area is 154 Å². The summed E-state index contributed by atoms with van der Waals surface area (Å²) in [5, 5.41) is 4.97. The van der Waals surface area contributed by atoms with E-state index in [0.29, 0.717) is 4.47 Å². The lowest BCUT2D eigenvalue weighted by molar-refractivity contribution is -0.127. The molecule has 1 saturated carbocycles. The summed E-state index contributed by atoms with van der Waals surface area (Å²) >= 11 is 3.24. The average molecular weight is 412 g/mol. The lowest BCUT2D eigenvalue weighted by Crippen LogP contribution is -2.48. The number of esters is 1. The van der Waals surface area contributed by atoms with Crippen molar-refractivity contribution < 1.29 is 19.1 Å². The highest BCUT2D eigenvalue weighted by atomic mass is 79.9. The number of urea groups is 1. The van der Waals surface area contributed by atoms with Crippen molar-refractivity contribution in [3.05, 3.63) is 28.2 Å². The number of rotatable bonds is 4. The number of carbonyl (C=O) groups is 3. The molecule has 2 rings (SSSR count). The molecule has 25 heavy (non-hydrogen) atoms. The molecule has 0 aliphatic heterocycles. The van der Waals surface area contributed by atoms with Gasteiger partial charge in [-0.3, -0.25) is 10.1 Å². The molecular formula is C17H22BrN3O4. The zero-order valence-electron chi connectivity index (χ0n) is 14.0. The van der Waals surface area contributed by atoms with Gasteiger partial charge in [-0.1, -0.05) is 35.2 Å². The largest absolute Gasteiger partial charge is 0.449 e. The van der Waals surface area contributed by atoms with Crippen molar-refractivity contribution in [2.45, 2.75) is 51.2 Å². The van der Waals surface area contributed by atoms with Crippen LogP contribution in [0.4, 0.5) is 10.5 Å². The molecule has 0 heterocycles. The fourth-order valence-electron chi connectivity index (χ4n) is 2.66. The second-order valence-corrected chi connectivity index (χ2v) is 6.99. The van der Waals surface area contributed by atoms with Crippen molar-refractivity contribution in [3.8, 4) is 0 Å². The predicted molar refractivity (Wildman–Crippen MR) is 97.0 cm³/mol. The Morgan fingerprint density at radius 3 is 2.60 bits per heavy atom.